The first-order chi connectivity index (χ1) is 11.1. The van der Waals surface area contributed by atoms with Crippen LogP contribution in [0, 0.1) is 0 Å². The van der Waals surface area contributed by atoms with Gasteiger partial charge in [-0.1, -0.05) is 24.3 Å². The predicted octanol–water partition coefficient (Wildman–Crippen LogP) is 1.51. The molecular formula is C16H17N3O4. The number of carbonyl (C=O) groups is 1. The highest BCUT2D eigenvalue weighted by molar-refractivity contribution is 5.78. The lowest BCUT2D eigenvalue weighted by Crippen LogP contribution is -2.46. The van der Waals surface area contributed by atoms with Gasteiger partial charge in [-0.05, 0) is 11.1 Å². The highest BCUT2D eigenvalue weighted by Crippen LogP contribution is 2.29. The van der Waals surface area contributed by atoms with Crippen molar-refractivity contribution in [3.63, 3.8) is 0 Å². The van der Waals surface area contributed by atoms with Gasteiger partial charge in [-0.2, -0.15) is 9.97 Å². The molecule has 0 saturated carbocycles. The molecule has 1 N–H and O–H groups in total. The molecule has 7 heteroatoms. The second kappa shape index (κ2) is 6.12. The fraction of sp³-hybridized carbons (Fsp3) is 0.312. The third kappa shape index (κ3) is 2.90. The van der Waals surface area contributed by atoms with Gasteiger partial charge < -0.3 is 19.5 Å². The Hall–Kier alpha value is -2.83. The fourth-order valence-corrected chi connectivity index (χ4v) is 2.68. The van der Waals surface area contributed by atoms with E-state index >= 15 is 0 Å². The largest absolute Gasteiger partial charge is 0.481 e. The van der Waals surface area contributed by atoms with Crippen molar-refractivity contribution in [1.82, 2.24) is 9.97 Å². The fourth-order valence-electron chi connectivity index (χ4n) is 2.68. The molecule has 1 aliphatic heterocycles. The first kappa shape index (κ1) is 15.1. The summed E-state index contributed by atoms with van der Waals surface area (Å²) in [5.74, 6) is 0.0256. The maximum Gasteiger partial charge on any atom is 0.326 e. The van der Waals surface area contributed by atoms with E-state index in [2.05, 4.69) is 9.97 Å². The van der Waals surface area contributed by atoms with Crippen molar-refractivity contribution in [3.05, 3.63) is 41.5 Å². The summed E-state index contributed by atoms with van der Waals surface area (Å²) in [5.41, 5.74) is 2.10. The number of fused-ring (bicyclic) bond motifs is 1. The molecule has 0 amide bonds. The second-order valence-corrected chi connectivity index (χ2v) is 5.21. The topological polar surface area (TPSA) is 84.8 Å². The molecule has 7 nitrogen and oxygen atoms in total. The van der Waals surface area contributed by atoms with E-state index in [1.807, 2.05) is 24.3 Å². The number of anilines is 1. The van der Waals surface area contributed by atoms with Gasteiger partial charge in [0.05, 0.1) is 20.3 Å². The van der Waals surface area contributed by atoms with E-state index < -0.39 is 12.0 Å². The number of carboxylic acid groups (broad SMARTS) is 1. The predicted molar refractivity (Wildman–Crippen MR) is 82.9 cm³/mol. The zero-order valence-electron chi connectivity index (χ0n) is 12.9. The monoisotopic (exact) mass is 315 g/mol. The van der Waals surface area contributed by atoms with Crippen molar-refractivity contribution < 1.29 is 19.4 Å². The lowest BCUT2D eigenvalue weighted by atomic mass is 9.94. The molecule has 3 rings (SSSR count). The van der Waals surface area contributed by atoms with E-state index in [4.69, 9.17) is 9.47 Å². The number of aromatic nitrogens is 2. The quantitative estimate of drug-likeness (QED) is 0.915. The molecule has 1 aliphatic rings. The molecule has 120 valence electrons. The maximum atomic E-state index is 11.7. The van der Waals surface area contributed by atoms with Crippen molar-refractivity contribution in [2.45, 2.75) is 19.0 Å². The van der Waals surface area contributed by atoms with Crippen LogP contribution in [0.25, 0.3) is 0 Å². The van der Waals surface area contributed by atoms with Crippen LogP contribution in [0.3, 0.4) is 0 Å². The van der Waals surface area contributed by atoms with E-state index in [0.29, 0.717) is 24.7 Å². The van der Waals surface area contributed by atoms with Crippen LogP contribution in [0.15, 0.2) is 30.3 Å². The normalized spacial score (nSPS) is 16.6. The highest BCUT2D eigenvalue weighted by Gasteiger charge is 2.33. The van der Waals surface area contributed by atoms with Crippen LogP contribution < -0.4 is 14.4 Å². The van der Waals surface area contributed by atoms with Gasteiger partial charge in [0.2, 0.25) is 17.7 Å². The average Bonchev–Trinajstić information content (AvgIpc) is 2.59. The average molecular weight is 315 g/mol. The van der Waals surface area contributed by atoms with Gasteiger partial charge >= 0.3 is 5.97 Å². The van der Waals surface area contributed by atoms with Crippen molar-refractivity contribution in [1.29, 1.82) is 0 Å². The first-order valence-corrected chi connectivity index (χ1v) is 7.15. The summed E-state index contributed by atoms with van der Waals surface area (Å²) in [6.07, 6.45) is 0.397. The minimum Gasteiger partial charge on any atom is -0.481 e. The Bertz CT molecular complexity index is 713. The Morgan fingerprint density at radius 3 is 2.35 bits per heavy atom. The molecule has 1 unspecified atom stereocenters. The van der Waals surface area contributed by atoms with Gasteiger partial charge in [-0.3, -0.25) is 0 Å². The summed E-state index contributed by atoms with van der Waals surface area (Å²) in [5, 5.41) is 9.59. The Kier molecular flexibility index (Phi) is 4.01. The minimum absolute atomic E-state index is 0.281. The molecule has 2 aromatic rings. The van der Waals surface area contributed by atoms with E-state index in [-0.39, 0.29) is 5.95 Å². The van der Waals surface area contributed by atoms with E-state index in [9.17, 15) is 9.90 Å². The third-order valence-electron chi connectivity index (χ3n) is 3.88. The van der Waals surface area contributed by atoms with Gasteiger partial charge in [0.25, 0.3) is 0 Å². The number of carboxylic acids is 1. The number of benzene rings is 1. The van der Waals surface area contributed by atoms with Crippen LogP contribution >= 0.6 is 0 Å². The van der Waals surface area contributed by atoms with Crippen LogP contribution in [0.5, 0.6) is 11.8 Å². The molecule has 0 spiro atoms. The van der Waals surface area contributed by atoms with Crippen molar-refractivity contribution in [2.24, 2.45) is 0 Å². The van der Waals surface area contributed by atoms with Crippen molar-refractivity contribution in [2.75, 3.05) is 19.1 Å². The summed E-state index contributed by atoms with van der Waals surface area (Å²) < 4.78 is 10.3. The van der Waals surface area contributed by atoms with Crippen molar-refractivity contribution in [3.8, 4) is 11.8 Å². The molecule has 1 aromatic carbocycles. The molecule has 0 radical (unpaired) electrons. The zero-order chi connectivity index (χ0) is 16.4. The van der Waals surface area contributed by atoms with Gasteiger partial charge in [0.15, 0.2) is 0 Å². The Balaban J connectivity index is 2.04. The Labute approximate surface area is 133 Å². The van der Waals surface area contributed by atoms with Gasteiger partial charge in [-0.25, -0.2) is 4.79 Å². The second-order valence-electron chi connectivity index (χ2n) is 5.21. The molecule has 0 bridgehead atoms. The molecule has 0 fully saturated rings. The molecule has 23 heavy (non-hydrogen) atoms. The summed E-state index contributed by atoms with van der Waals surface area (Å²) >= 11 is 0. The number of nitrogens with zero attached hydrogens (tertiary/aromatic N) is 3. The molecule has 1 aromatic heterocycles. The maximum absolute atomic E-state index is 11.7. The number of aliphatic carboxylic acids is 1. The molecule has 0 aliphatic carbocycles. The van der Waals surface area contributed by atoms with Crippen LogP contribution in [0.4, 0.5) is 5.95 Å². The molecular weight excluding hydrogens is 298 g/mol. The number of methoxy groups -OCH3 is 2. The molecule has 1 atom stereocenters. The zero-order valence-corrected chi connectivity index (χ0v) is 12.9. The standard InChI is InChI=1S/C16H17N3O4/c1-22-13-8-14(23-2)18-16(17-13)19-9-11-6-4-3-5-10(11)7-12(19)15(20)21/h3-6,8,12H,7,9H2,1-2H3,(H,20,21). The number of ether oxygens (including phenoxy) is 2. The lowest BCUT2D eigenvalue weighted by Gasteiger charge is -2.34. The van der Waals surface area contributed by atoms with Gasteiger partial charge in [0.1, 0.15) is 6.04 Å². The first-order valence-electron chi connectivity index (χ1n) is 7.15. The Morgan fingerprint density at radius 2 is 1.78 bits per heavy atom. The third-order valence-corrected chi connectivity index (χ3v) is 3.88. The van der Waals surface area contributed by atoms with Gasteiger partial charge in [0, 0.05) is 13.0 Å². The number of rotatable bonds is 4. The van der Waals surface area contributed by atoms with E-state index in [0.717, 1.165) is 11.1 Å². The van der Waals surface area contributed by atoms with Gasteiger partial charge in [-0.15, -0.1) is 0 Å². The summed E-state index contributed by atoms with van der Waals surface area (Å²) in [6, 6.07) is 8.61. The van der Waals surface area contributed by atoms with Crippen LogP contribution in [-0.4, -0.2) is 41.3 Å². The van der Waals surface area contributed by atoms with E-state index in [1.165, 1.54) is 14.2 Å². The minimum atomic E-state index is -0.912. The Morgan fingerprint density at radius 1 is 1.17 bits per heavy atom. The summed E-state index contributed by atoms with van der Waals surface area (Å²) in [7, 11) is 2.98. The lowest BCUT2D eigenvalue weighted by molar-refractivity contribution is -0.138. The number of hydrogen-bond donors (Lipinski definition) is 1. The summed E-state index contributed by atoms with van der Waals surface area (Å²) in [6.45, 7) is 0.420. The number of hydrogen-bond acceptors (Lipinski definition) is 6. The molecule has 2 heterocycles. The van der Waals surface area contributed by atoms with Crippen molar-refractivity contribution >= 4 is 11.9 Å². The SMILES string of the molecule is COc1cc(OC)nc(N2Cc3ccccc3CC2C(=O)O)n1. The van der Waals surface area contributed by atoms with Crippen LogP contribution in [-0.2, 0) is 17.8 Å². The highest BCUT2D eigenvalue weighted by atomic mass is 16.5. The van der Waals surface area contributed by atoms with Crippen LogP contribution in [0.1, 0.15) is 11.1 Å². The summed E-state index contributed by atoms with van der Waals surface area (Å²) in [4.78, 5) is 21.9. The molecule has 0 saturated heterocycles. The smallest absolute Gasteiger partial charge is 0.326 e. The van der Waals surface area contributed by atoms with E-state index in [1.54, 1.807) is 11.0 Å². The van der Waals surface area contributed by atoms with Crippen LogP contribution in [0.2, 0.25) is 0 Å².